The molecule has 0 unspecified atom stereocenters. The van der Waals surface area contributed by atoms with Crippen molar-refractivity contribution in [1.29, 1.82) is 0 Å². The van der Waals surface area contributed by atoms with Crippen LogP contribution in [-0.4, -0.2) is 39.7 Å². The number of likely N-dealkylation sites (tertiary alicyclic amines) is 1. The van der Waals surface area contributed by atoms with E-state index in [4.69, 9.17) is 0 Å². The lowest BCUT2D eigenvalue weighted by Gasteiger charge is -2.29. The third kappa shape index (κ3) is 3.56. The molecule has 1 saturated heterocycles. The smallest absolute Gasteiger partial charge is 0.331 e. The van der Waals surface area contributed by atoms with Crippen LogP contribution in [0.1, 0.15) is 44.6 Å². The molecular weight excluding hydrogens is 270 g/mol. The largest absolute Gasteiger partial charge is 0.494 e. The van der Waals surface area contributed by atoms with Gasteiger partial charge < -0.3 is 10.0 Å². The number of aromatic hydroxyl groups is 1. The third-order valence-electron chi connectivity index (χ3n) is 4.38. The zero-order valence-corrected chi connectivity index (χ0v) is 13.1. The summed E-state index contributed by atoms with van der Waals surface area (Å²) in [5, 5.41) is 10.2. The molecule has 1 aromatic heterocycles. The number of hydrogen-bond acceptors (Lipinski definition) is 4. The highest BCUT2D eigenvalue weighted by Gasteiger charge is 2.20. The molecule has 2 N–H and O–H groups in total. The third-order valence-corrected chi connectivity index (χ3v) is 4.38. The average Bonchev–Trinajstić information content (AvgIpc) is 2.39. The maximum absolute atomic E-state index is 11.9. The molecule has 6 nitrogen and oxygen atoms in total. The number of hydrogen-bond donors (Lipinski definition) is 2. The van der Waals surface area contributed by atoms with Gasteiger partial charge in [0.15, 0.2) is 0 Å². The first-order valence-electron chi connectivity index (χ1n) is 7.64. The van der Waals surface area contributed by atoms with Crippen LogP contribution in [0.25, 0.3) is 0 Å². The first kappa shape index (κ1) is 15.8. The van der Waals surface area contributed by atoms with Crippen molar-refractivity contribution in [2.45, 2.75) is 45.6 Å². The number of aromatic amines is 1. The first-order chi connectivity index (χ1) is 9.90. The van der Waals surface area contributed by atoms with E-state index >= 15 is 0 Å². The lowest BCUT2D eigenvalue weighted by atomic mass is 9.94. The second-order valence-electron chi connectivity index (χ2n) is 6.34. The van der Waals surface area contributed by atoms with Gasteiger partial charge in [0.1, 0.15) is 0 Å². The molecule has 1 aliphatic heterocycles. The van der Waals surface area contributed by atoms with Gasteiger partial charge in [0, 0.05) is 6.54 Å². The fraction of sp³-hybridized carbons (Fsp3) is 0.733. The van der Waals surface area contributed by atoms with Crippen LogP contribution < -0.4 is 11.2 Å². The minimum atomic E-state index is -0.519. The molecule has 1 fully saturated rings. The summed E-state index contributed by atoms with van der Waals surface area (Å²) < 4.78 is 1.30. The van der Waals surface area contributed by atoms with E-state index in [0.29, 0.717) is 12.5 Å². The zero-order chi connectivity index (χ0) is 15.6. The monoisotopic (exact) mass is 295 g/mol. The topological polar surface area (TPSA) is 78.3 Å². The van der Waals surface area contributed by atoms with E-state index < -0.39 is 11.2 Å². The summed E-state index contributed by atoms with van der Waals surface area (Å²) in [6.45, 7) is 6.27. The molecule has 0 saturated carbocycles. The minimum absolute atomic E-state index is 0.121. The van der Waals surface area contributed by atoms with Crippen LogP contribution in [0.15, 0.2) is 9.59 Å². The zero-order valence-electron chi connectivity index (χ0n) is 13.1. The van der Waals surface area contributed by atoms with Crippen LogP contribution in [-0.2, 0) is 6.54 Å². The van der Waals surface area contributed by atoms with E-state index in [1.165, 1.54) is 4.57 Å². The quantitative estimate of drug-likeness (QED) is 0.872. The van der Waals surface area contributed by atoms with E-state index in [-0.39, 0.29) is 17.4 Å². The van der Waals surface area contributed by atoms with Gasteiger partial charge in [-0.25, -0.2) is 4.79 Å². The summed E-state index contributed by atoms with van der Waals surface area (Å²) in [5.41, 5.74) is -0.712. The van der Waals surface area contributed by atoms with Crippen molar-refractivity contribution in [3.63, 3.8) is 0 Å². The van der Waals surface area contributed by atoms with Crippen molar-refractivity contribution in [2.24, 2.45) is 5.92 Å². The molecule has 0 radical (unpaired) electrons. The summed E-state index contributed by atoms with van der Waals surface area (Å²) in [6.07, 6.45) is 3.09. The Hall–Kier alpha value is -1.56. The number of aromatic nitrogens is 2. The van der Waals surface area contributed by atoms with Gasteiger partial charge in [-0.1, -0.05) is 13.8 Å². The van der Waals surface area contributed by atoms with Gasteiger partial charge in [-0.3, -0.25) is 14.3 Å². The molecule has 0 spiro atoms. The average molecular weight is 295 g/mol. The summed E-state index contributed by atoms with van der Waals surface area (Å²) in [6, 6.07) is 0. The van der Waals surface area contributed by atoms with E-state index in [9.17, 15) is 14.7 Å². The van der Waals surface area contributed by atoms with Gasteiger partial charge in [0.25, 0.3) is 5.56 Å². The molecule has 2 rings (SSSR count). The van der Waals surface area contributed by atoms with Crippen molar-refractivity contribution < 1.29 is 5.11 Å². The second kappa shape index (κ2) is 6.47. The van der Waals surface area contributed by atoms with Gasteiger partial charge in [0.05, 0.1) is 5.56 Å². The highest BCUT2D eigenvalue weighted by Crippen LogP contribution is 2.23. The molecule has 6 heteroatoms. The van der Waals surface area contributed by atoms with E-state index in [1.807, 2.05) is 13.8 Å². The van der Waals surface area contributed by atoms with Crippen molar-refractivity contribution in [3.05, 3.63) is 26.4 Å². The van der Waals surface area contributed by atoms with Crippen LogP contribution in [0.2, 0.25) is 0 Å². The fourth-order valence-corrected chi connectivity index (χ4v) is 2.97. The number of H-pyrrole nitrogens is 1. The van der Waals surface area contributed by atoms with E-state index in [0.717, 1.165) is 32.4 Å². The van der Waals surface area contributed by atoms with Gasteiger partial charge >= 0.3 is 5.69 Å². The first-order valence-corrected chi connectivity index (χ1v) is 7.64. The lowest BCUT2D eigenvalue weighted by Crippen LogP contribution is -2.34. The van der Waals surface area contributed by atoms with Crippen LogP contribution >= 0.6 is 0 Å². The molecular formula is C15H25N3O3. The normalized spacial score (nSPS) is 17.5. The maximum Gasteiger partial charge on any atom is 0.331 e. The predicted octanol–water partition coefficient (Wildman–Crippen LogP) is 1.10. The van der Waals surface area contributed by atoms with Gasteiger partial charge in [-0.05, 0) is 51.2 Å². The number of piperidine rings is 1. The van der Waals surface area contributed by atoms with Crippen LogP contribution in [0.5, 0.6) is 5.88 Å². The molecule has 0 atom stereocenters. The highest BCUT2D eigenvalue weighted by molar-refractivity contribution is 5.25. The lowest BCUT2D eigenvalue weighted by molar-refractivity contribution is 0.205. The van der Waals surface area contributed by atoms with Crippen LogP contribution in [0.3, 0.4) is 0 Å². The Balaban J connectivity index is 2.15. The molecule has 0 aromatic carbocycles. The minimum Gasteiger partial charge on any atom is -0.494 e. The molecule has 0 bridgehead atoms. The molecule has 21 heavy (non-hydrogen) atoms. The molecule has 118 valence electrons. The molecule has 0 amide bonds. The molecule has 2 heterocycles. The Kier molecular flexibility index (Phi) is 4.88. The number of rotatable bonds is 4. The van der Waals surface area contributed by atoms with Crippen molar-refractivity contribution in [3.8, 4) is 5.88 Å². The van der Waals surface area contributed by atoms with E-state index in [1.54, 1.807) is 0 Å². The fourth-order valence-electron chi connectivity index (χ4n) is 2.97. The highest BCUT2D eigenvalue weighted by atomic mass is 16.3. The number of nitrogens with zero attached hydrogens (tertiary/aromatic N) is 2. The SMILES string of the molecule is CC(C)c1c(O)n(CCC2CCN(C)CC2)c(=O)[nH]c1=O. The Labute approximate surface area is 124 Å². The van der Waals surface area contributed by atoms with Gasteiger partial charge in [-0.2, -0.15) is 0 Å². The van der Waals surface area contributed by atoms with Crippen molar-refractivity contribution in [2.75, 3.05) is 20.1 Å². The summed E-state index contributed by atoms with van der Waals surface area (Å²) in [7, 11) is 2.11. The van der Waals surface area contributed by atoms with Crippen molar-refractivity contribution >= 4 is 0 Å². The summed E-state index contributed by atoms with van der Waals surface area (Å²) in [5.74, 6) is 0.275. The Morgan fingerprint density at radius 3 is 2.48 bits per heavy atom. The molecule has 1 aliphatic rings. The van der Waals surface area contributed by atoms with Gasteiger partial charge in [-0.15, -0.1) is 0 Å². The van der Waals surface area contributed by atoms with E-state index in [2.05, 4.69) is 16.9 Å². The molecule has 1 aromatic rings. The van der Waals surface area contributed by atoms with Crippen LogP contribution in [0, 0.1) is 5.92 Å². The predicted molar refractivity (Wildman–Crippen MR) is 81.9 cm³/mol. The van der Waals surface area contributed by atoms with Crippen molar-refractivity contribution in [1.82, 2.24) is 14.5 Å². The maximum atomic E-state index is 11.9. The summed E-state index contributed by atoms with van der Waals surface area (Å²) in [4.78, 5) is 28.3. The Bertz CT molecular complexity index is 595. The number of nitrogens with one attached hydrogen (secondary N) is 1. The standard InChI is InChI=1S/C15H25N3O3/c1-10(2)12-13(19)16-15(21)18(14(12)20)9-6-11-4-7-17(3)8-5-11/h10-11,20H,4-9H2,1-3H3,(H,16,19,21). The summed E-state index contributed by atoms with van der Waals surface area (Å²) >= 11 is 0. The molecule has 0 aliphatic carbocycles. The second-order valence-corrected chi connectivity index (χ2v) is 6.34. The Morgan fingerprint density at radius 2 is 1.90 bits per heavy atom. The Morgan fingerprint density at radius 1 is 1.29 bits per heavy atom. The van der Waals surface area contributed by atoms with Crippen LogP contribution in [0.4, 0.5) is 0 Å². The van der Waals surface area contributed by atoms with Gasteiger partial charge in [0.2, 0.25) is 5.88 Å².